The van der Waals surface area contributed by atoms with E-state index in [1.165, 1.54) is 38.9 Å². The van der Waals surface area contributed by atoms with E-state index in [0.29, 0.717) is 11.5 Å². The number of fused-ring (bicyclic) bond motifs is 2. The fourth-order valence-electron chi connectivity index (χ4n) is 7.88. The van der Waals surface area contributed by atoms with Gasteiger partial charge in [0.1, 0.15) is 0 Å². The number of benzene rings is 5. The second-order valence-corrected chi connectivity index (χ2v) is 19.8. The number of anilines is 2. The van der Waals surface area contributed by atoms with Gasteiger partial charge in [-0.1, -0.05) is 47.6 Å². The second-order valence-electron chi connectivity index (χ2n) is 18.8. The van der Waals surface area contributed by atoms with Crippen LogP contribution in [0.5, 0.6) is 11.5 Å². The topological polar surface area (TPSA) is 35.2 Å². The molecule has 0 N–H and O–H groups in total. The van der Waals surface area contributed by atoms with E-state index in [9.17, 15) is 0 Å². The quantitative estimate of drug-likeness (QED) is 0.156. The van der Waals surface area contributed by atoms with Crippen LogP contribution in [0.15, 0.2) is 109 Å². The SMILES string of the molecule is Cc1ccnc(N2CCCc3c2[c-]c(Oc2[c-]c(-n4[c](=[Pt])n(-c5ccc(C(C)(C)C)cc5)c5ccccc54)ccc2)cc3-c2cc(C(C)(C)C)cc(C(C)(C)C)c2)c1. The number of para-hydroxylation sites is 2. The molecule has 58 heavy (non-hydrogen) atoms. The van der Waals surface area contributed by atoms with Gasteiger partial charge in [-0.3, -0.25) is 0 Å². The van der Waals surface area contributed by atoms with Crippen molar-refractivity contribution in [2.45, 2.75) is 98.3 Å². The third-order valence-electron chi connectivity index (χ3n) is 11.3. The van der Waals surface area contributed by atoms with Gasteiger partial charge >= 0.3 is 274 Å². The molecule has 5 nitrogen and oxygen atoms in total. The van der Waals surface area contributed by atoms with Crippen molar-refractivity contribution in [3.8, 4) is 34.0 Å². The Bertz CT molecular complexity index is 2680. The average Bonchev–Trinajstić information content (AvgIpc) is 3.47. The van der Waals surface area contributed by atoms with Crippen LogP contribution in [-0.4, -0.2) is 20.7 Å². The van der Waals surface area contributed by atoms with E-state index in [1.807, 2.05) is 12.3 Å². The number of aryl methyl sites for hydroxylation is 1. The van der Waals surface area contributed by atoms with Crippen molar-refractivity contribution in [3.05, 3.63) is 153 Å². The molecule has 0 aliphatic carbocycles. The van der Waals surface area contributed by atoms with Crippen molar-refractivity contribution in [2.24, 2.45) is 0 Å². The normalized spacial score (nSPS) is 13.6. The maximum absolute atomic E-state index is 6.88. The molecule has 5 aromatic carbocycles. The van der Waals surface area contributed by atoms with Gasteiger partial charge in [0, 0.05) is 6.20 Å². The third kappa shape index (κ3) is 7.78. The molecule has 0 bridgehead atoms. The van der Waals surface area contributed by atoms with Crippen molar-refractivity contribution in [3.63, 3.8) is 0 Å². The summed E-state index contributed by atoms with van der Waals surface area (Å²) < 4.78 is 12.5. The van der Waals surface area contributed by atoms with Gasteiger partial charge < -0.3 is 0 Å². The molecule has 0 fully saturated rings. The van der Waals surface area contributed by atoms with Crippen LogP contribution in [0.2, 0.25) is 0 Å². The Balaban J connectivity index is 1.26. The Morgan fingerprint density at radius 1 is 0.655 bits per heavy atom. The molecule has 6 heteroatoms. The Morgan fingerprint density at radius 2 is 1.31 bits per heavy atom. The summed E-state index contributed by atoms with van der Waals surface area (Å²) >= 11 is 2.45. The van der Waals surface area contributed by atoms with E-state index < -0.39 is 0 Å². The fourth-order valence-corrected chi connectivity index (χ4v) is 9.00. The Morgan fingerprint density at radius 3 is 1.95 bits per heavy atom. The van der Waals surface area contributed by atoms with E-state index in [4.69, 9.17) is 9.72 Å². The van der Waals surface area contributed by atoms with Crippen LogP contribution in [0.25, 0.3) is 33.5 Å². The first-order valence-electron chi connectivity index (χ1n) is 20.4. The molecule has 1 aliphatic rings. The Hall–Kier alpha value is -4.99. The first-order chi connectivity index (χ1) is 27.5. The van der Waals surface area contributed by atoms with Crippen LogP contribution in [0, 0.1) is 22.9 Å². The van der Waals surface area contributed by atoms with Gasteiger partial charge in [0.2, 0.25) is 0 Å². The van der Waals surface area contributed by atoms with Gasteiger partial charge in [0.05, 0.1) is 0 Å². The predicted molar refractivity (Wildman–Crippen MR) is 236 cm³/mol. The maximum atomic E-state index is 6.88. The summed E-state index contributed by atoms with van der Waals surface area (Å²) in [5, 5.41) is 0. The van der Waals surface area contributed by atoms with Crippen LogP contribution >= 0.6 is 0 Å². The molecular weight excluding hydrogens is 892 g/mol. The predicted octanol–water partition coefficient (Wildman–Crippen LogP) is 13.2. The molecule has 0 radical (unpaired) electrons. The molecule has 300 valence electrons. The Kier molecular flexibility index (Phi) is 10.3. The van der Waals surface area contributed by atoms with E-state index in [-0.39, 0.29) is 16.2 Å². The number of pyridine rings is 1. The second kappa shape index (κ2) is 15.0. The van der Waals surface area contributed by atoms with Crippen LogP contribution in [0.1, 0.15) is 96.6 Å². The molecule has 7 aromatic rings. The number of hydrogen-bond acceptors (Lipinski definition) is 3. The summed E-state index contributed by atoms with van der Waals surface area (Å²) in [7, 11) is 0. The van der Waals surface area contributed by atoms with E-state index >= 15 is 0 Å². The zero-order chi connectivity index (χ0) is 41.1. The summed E-state index contributed by atoms with van der Waals surface area (Å²) in [4.78, 5) is 7.16. The van der Waals surface area contributed by atoms with E-state index in [2.05, 4.69) is 212 Å². The molecule has 2 aromatic heterocycles. The molecule has 0 atom stereocenters. The zero-order valence-corrected chi connectivity index (χ0v) is 37.8. The Labute approximate surface area is 355 Å². The van der Waals surface area contributed by atoms with E-state index in [0.717, 1.165) is 57.1 Å². The summed E-state index contributed by atoms with van der Waals surface area (Å²) in [6, 6.07) is 44.6. The van der Waals surface area contributed by atoms with Gasteiger partial charge in [0.15, 0.2) is 0 Å². The van der Waals surface area contributed by atoms with Crippen LogP contribution < -0.4 is 9.64 Å². The van der Waals surface area contributed by atoms with Gasteiger partial charge in [0.25, 0.3) is 0 Å². The number of nitrogens with zero attached hydrogens (tertiary/aromatic N) is 4. The minimum absolute atomic E-state index is 0.0164. The number of imidazole rings is 1. The first kappa shape index (κ1) is 39.8. The summed E-state index contributed by atoms with van der Waals surface area (Å²) in [6.45, 7) is 23.5. The molecular formula is C52H54N4OPt-2. The number of hydrogen-bond donors (Lipinski definition) is 0. The van der Waals surface area contributed by atoms with Gasteiger partial charge in [-0.25, -0.2) is 0 Å². The third-order valence-corrected chi connectivity index (χ3v) is 12.3. The average molecular weight is 946 g/mol. The molecule has 0 saturated carbocycles. The molecule has 0 spiro atoms. The van der Waals surface area contributed by atoms with Crippen molar-refractivity contribution < 1.29 is 24.1 Å². The summed E-state index contributed by atoms with van der Waals surface area (Å²) in [5.74, 6) is 2.22. The molecule has 1 aliphatic heterocycles. The number of ether oxygens (including phenoxy) is 1. The standard InChI is InChI=1S/C52H54N4O.Pt/c1-35-24-25-53-49(27-35)54-26-14-17-44-45(36-28-38(51(5,6)7)30-39(29-36)52(8,9)10)32-43(33-48(44)54)57-42-16-13-15-41(31-42)56-34-55(46-18-11-12-19-47(46)56)40-22-20-37(21-23-40)50(2,3)4;/h11-13,15-16,18-25,27-30,32H,14,17,26H2,1-10H3;/q-2;. The van der Waals surface area contributed by atoms with Gasteiger partial charge in [-0.2, -0.15) is 0 Å². The first-order valence-corrected chi connectivity index (χ1v) is 21.5. The van der Waals surface area contributed by atoms with Crippen molar-refractivity contribution in [1.29, 1.82) is 0 Å². The number of rotatable bonds is 6. The summed E-state index contributed by atoms with van der Waals surface area (Å²) in [6.07, 6.45) is 3.88. The van der Waals surface area contributed by atoms with Crippen molar-refractivity contribution >= 4 is 22.5 Å². The van der Waals surface area contributed by atoms with Crippen LogP contribution in [0.4, 0.5) is 11.5 Å². The molecule has 0 unspecified atom stereocenters. The van der Waals surface area contributed by atoms with E-state index in [1.54, 1.807) is 0 Å². The van der Waals surface area contributed by atoms with Crippen LogP contribution in [-0.2, 0) is 42.0 Å². The molecule has 8 rings (SSSR count). The molecule has 0 amide bonds. The van der Waals surface area contributed by atoms with Crippen molar-refractivity contribution in [2.75, 3.05) is 11.4 Å². The van der Waals surface area contributed by atoms with Gasteiger partial charge in [-0.15, -0.1) is 0 Å². The minimum atomic E-state index is -0.0164. The number of aromatic nitrogens is 3. The summed E-state index contributed by atoms with van der Waals surface area (Å²) in [5.41, 5.74) is 14.1. The zero-order valence-electron chi connectivity index (χ0n) is 35.5. The van der Waals surface area contributed by atoms with Gasteiger partial charge in [-0.05, 0) is 29.4 Å². The fraction of sp³-hybridized carbons (Fsp3) is 0.308. The molecule has 3 heterocycles. The van der Waals surface area contributed by atoms with Crippen LogP contribution in [0.3, 0.4) is 0 Å². The molecule has 0 saturated heterocycles. The monoisotopic (exact) mass is 945 g/mol. The van der Waals surface area contributed by atoms with Crippen molar-refractivity contribution in [1.82, 2.24) is 14.1 Å².